The lowest BCUT2D eigenvalue weighted by atomic mass is 10.00. The van der Waals surface area contributed by atoms with Crippen molar-refractivity contribution in [1.82, 2.24) is 9.80 Å². The molecular weight excluding hydrogens is 280 g/mol. The van der Waals surface area contributed by atoms with Crippen LogP contribution >= 0.6 is 11.8 Å². The fraction of sp³-hybridized carbons (Fsp3) is 0.846. The van der Waals surface area contributed by atoms with Crippen molar-refractivity contribution in [2.75, 3.05) is 18.9 Å². The van der Waals surface area contributed by atoms with Crippen molar-refractivity contribution in [2.24, 2.45) is 0 Å². The first kappa shape index (κ1) is 15.4. The largest absolute Gasteiger partial charge is 0.480 e. The van der Waals surface area contributed by atoms with Crippen molar-refractivity contribution < 1.29 is 19.8 Å². The van der Waals surface area contributed by atoms with Gasteiger partial charge in [-0.2, -0.15) is 0 Å². The van der Waals surface area contributed by atoms with Gasteiger partial charge in [0.1, 0.15) is 6.04 Å². The molecule has 2 saturated heterocycles. The van der Waals surface area contributed by atoms with Crippen LogP contribution in [0.15, 0.2) is 0 Å². The van der Waals surface area contributed by atoms with E-state index in [0.29, 0.717) is 18.7 Å². The van der Waals surface area contributed by atoms with Gasteiger partial charge in [-0.3, -0.25) is 4.90 Å². The third-order valence-electron chi connectivity index (χ3n) is 4.06. The third-order valence-corrected chi connectivity index (χ3v) is 5.28. The van der Waals surface area contributed by atoms with Crippen LogP contribution in [0.3, 0.4) is 0 Å². The number of hydrogen-bond acceptors (Lipinski definition) is 4. The minimum absolute atomic E-state index is 0.0356. The number of piperidine rings is 1. The Morgan fingerprint density at radius 3 is 2.75 bits per heavy atom. The monoisotopic (exact) mass is 302 g/mol. The number of likely N-dealkylation sites (tertiary alicyclic amines) is 1. The van der Waals surface area contributed by atoms with E-state index in [1.807, 2.05) is 6.92 Å². The summed E-state index contributed by atoms with van der Waals surface area (Å²) in [5.74, 6) is -0.494. The molecule has 20 heavy (non-hydrogen) atoms. The minimum Gasteiger partial charge on any atom is -0.480 e. The van der Waals surface area contributed by atoms with E-state index in [9.17, 15) is 14.7 Å². The standard InChI is InChI=1S/C13H22N2O4S/c1-9-15(11(8-20-9)12(17)18)13(19)14-6-3-2-4-10(14)5-7-16/h9-11,16H,2-8H2,1H3,(H,17,18). The van der Waals surface area contributed by atoms with E-state index >= 15 is 0 Å². The topological polar surface area (TPSA) is 81.1 Å². The van der Waals surface area contributed by atoms with Crippen LogP contribution in [0.2, 0.25) is 0 Å². The summed E-state index contributed by atoms with van der Waals surface area (Å²) in [5, 5.41) is 18.3. The van der Waals surface area contributed by atoms with Gasteiger partial charge >= 0.3 is 12.0 Å². The number of aliphatic hydroxyl groups excluding tert-OH is 1. The summed E-state index contributed by atoms with van der Waals surface area (Å²) in [6.45, 7) is 2.58. The third kappa shape index (κ3) is 3.03. The summed E-state index contributed by atoms with van der Waals surface area (Å²) < 4.78 is 0. The lowest BCUT2D eigenvalue weighted by Gasteiger charge is -2.39. The summed E-state index contributed by atoms with van der Waals surface area (Å²) in [6.07, 6.45) is 3.46. The zero-order valence-electron chi connectivity index (χ0n) is 11.7. The molecule has 2 aliphatic heterocycles. The quantitative estimate of drug-likeness (QED) is 0.818. The van der Waals surface area contributed by atoms with Gasteiger partial charge in [0.15, 0.2) is 0 Å². The summed E-state index contributed by atoms with van der Waals surface area (Å²) >= 11 is 1.50. The number of urea groups is 1. The van der Waals surface area contributed by atoms with Crippen LogP contribution in [0.25, 0.3) is 0 Å². The molecule has 2 N–H and O–H groups in total. The Labute approximate surface area is 123 Å². The summed E-state index contributed by atoms with van der Waals surface area (Å²) in [7, 11) is 0. The van der Waals surface area contributed by atoms with Gasteiger partial charge in [0, 0.05) is 24.9 Å². The molecule has 3 unspecified atom stereocenters. The van der Waals surface area contributed by atoms with Gasteiger partial charge in [-0.1, -0.05) is 0 Å². The van der Waals surface area contributed by atoms with Gasteiger partial charge in [0.05, 0.1) is 5.37 Å². The number of carbonyl (C=O) groups excluding carboxylic acids is 1. The van der Waals surface area contributed by atoms with Gasteiger partial charge in [-0.05, 0) is 32.6 Å². The maximum atomic E-state index is 12.7. The zero-order chi connectivity index (χ0) is 14.7. The Kier molecular flexibility index (Phi) is 5.15. The molecule has 6 nitrogen and oxygen atoms in total. The Bertz CT molecular complexity index is 377. The summed E-state index contributed by atoms with van der Waals surface area (Å²) in [6, 6.07) is -0.888. The zero-order valence-corrected chi connectivity index (χ0v) is 12.5. The fourth-order valence-electron chi connectivity index (χ4n) is 2.97. The molecule has 2 rings (SSSR count). The molecule has 2 aliphatic rings. The second kappa shape index (κ2) is 6.67. The molecule has 0 bridgehead atoms. The smallest absolute Gasteiger partial charge is 0.327 e. The fourth-order valence-corrected chi connectivity index (χ4v) is 4.14. The van der Waals surface area contributed by atoms with Gasteiger partial charge in [-0.25, -0.2) is 9.59 Å². The molecule has 114 valence electrons. The number of amides is 2. The second-order valence-corrected chi connectivity index (χ2v) is 6.68. The van der Waals surface area contributed by atoms with E-state index in [2.05, 4.69) is 0 Å². The summed E-state index contributed by atoms with van der Waals surface area (Å²) in [4.78, 5) is 27.2. The molecule has 0 saturated carbocycles. The molecule has 3 atom stereocenters. The number of carboxylic acid groups (broad SMARTS) is 1. The molecule has 0 aromatic heterocycles. The van der Waals surface area contributed by atoms with Gasteiger partial charge in [0.25, 0.3) is 0 Å². The van der Waals surface area contributed by atoms with E-state index in [-0.39, 0.29) is 24.1 Å². The van der Waals surface area contributed by atoms with Crippen molar-refractivity contribution in [2.45, 2.75) is 50.1 Å². The van der Waals surface area contributed by atoms with Crippen LogP contribution in [0.5, 0.6) is 0 Å². The first-order chi connectivity index (χ1) is 9.56. The van der Waals surface area contributed by atoms with Crippen molar-refractivity contribution in [1.29, 1.82) is 0 Å². The maximum absolute atomic E-state index is 12.7. The van der Waals surface area contributed by atoms with Crippen LogP contribution in [-0.2, 0) is 4.79 Å². The van der Waals surface area contributed by atoms with Gasteiger partial charge in [0.2, 0.25) is 0 Å². The van der Waals surface area contributed by atoms with Crippen LogP contribution in [-0.4, -0.2) is 68.4 Å². The average molecular weight is 302 g/mol. The Morgan fingerprint density at radius 2 is 2.10 bits per heavy atom. The first-order valence-electron chi connectivity index (χ1n) is 7.10. The molecule has 0 aromatic rings. The molecule has 0 radical (unpaired) electrons. The van der Waals surface area contributed by atoms with Crippen LogP contribution < -0.4 is 0 Å². The molecule has 0 spiro atoms. The predicted octanol–water partition coefficient (Wildman–Crippen LogP) is 1.19. The highest BCUT2D eigenvalue weighted by Crippen LogP contribution is 2.31. The van der Waals surface area contributed by atoms with Crippen molar-refractivity contribution in [3.05, 3.63) is 0 Å². The van der Waals surface area contributed by atoms with Crippen LogP contribution in [0, 0.1) is 0 Å². The van der Waals surface area contributed by atoms with Crippen LogP contribution in [0.1, 0.15) is 32.6 Å². The van der Waals surface area contributed by atoms with E-state index in [0.717, 1.165) is 19.3 Å². The number of rotatable bonds is 3. The number of aliphatic hydroxyl groups is 1. The second-order valence-electron chi connectivity index (χ2n) is 5.33. The Hall–Kier alpha value is -0.950. The molecule has 2 fully saturated rings. The molecule has 7 heteroatoms. The molecular formula is C13H22N2O4S. The molecule has 0 aliphatic carbocycles. The highest BCUT2D eigenvalue weighted by Gasteiger charge is 2.42. The summed E-state index contributed by atoms with van der Waals surface area (Å²) in [5.41, 5.74) is 0. The van der Waals surface area contributed by atoms with Crippen molar-refractivity contribution in [3.8, 4) is 0 Å². The number of aliphatic carboxylic acids is 1. The highest BCUT2D eigenvalue weighted by atomic mass is 32.2. The molecule has 2 heterocycles. The van der Waals surface area contributed by atoms with Crippen molar-refractivity contribution >= 4 is 23.8 Å². The molecule has 0 aromatic carbocycles. The van der Waals surface area contributed by atoms with E-state index in [1.54, 1.807) is 4.90 Å². The van der Waals surface area contributed by atoms with Gasteiger partial charge in [-0.15, -0.1) is 11.8 Å². The minimum atomic E-state index is -0.939. The van der Waals surface area contributed by atoms with E-state index < -0.39 is 12.0 Å². The lowest BCUT2D eigenvalue weighted by Crippen LogP contribution is -2.55. The number of carbonyl (C=O) groups is 2. The van der Waals surface area contributed by atoms with Crippen molar-refractivity contribution in [3.63, 3.8) is 0 Å². The van der Waals surface area contributed by atoms with E-state index in [4.69, 9.17) is 5.11 Å². The number of carboxylic acids is 1. The number of hydrogen-bond donors (Lipinski definition) is 2. The number of nitrogens with zero attached hydrogens (tertiary/aromatic N) is 2. The van der Waals surface area contributed by atoms with Gasteiger partial charge < -0.3 is 15.1 Å². The van der Waals surface area contributed by atoms with Crippen LogP contribution in [0.4, 0.5) is 4.79 Å². The number of thioether (sulfide) groups is 1. The molecule has 2 amide bonds. The Morgan fingerprint density at radius 1 is 1.35 bits per heavy atom. The maximum Gasteiger partial charge on any atom is 0.327 e. The average Bonchev–Trinajstić information content (AvgIpc) is 2.81. The SMILES string of the molecule is CC1SCC(C(=O)O)N1C(=O)N1CCCCC1CCO. The van der Waals surface area contributed by atoms with E-state index in [1.165, 1.54) is 16.7 Å². The Balaban J connectivity index is 2.13. The highest BCUT2D eigenvalue weighted by molar-refractivity contribution is 8.00. The first-order valence-corrected chi connectivity index (χ1v) is 8.15. The normalized spacial score (nSPS) is 30.6. The lowest BCUT2D eigenvalue weighted by molar-refractivity contribution is -0.141. The predicted molar refractivity (Wildman–Crippen MR) is 76.6 cm³/mol.